The van der Waals surface area contributed by atoms with Crippen molar-refractivity contribution in [3.8, 4) is 11.8 Å². The maximum absolute atomic E-state index is 12.3. The second-order valence-corrected chi connectivity index (χ2v) is 5.54. The number of hydrogen-bond donors (Lipinski definition) is 1. The van der Waals surface area contributed by atoms with Gasteiger partial charge in [-0.25, -0.2) is 0 Å². The summed E-state index contributed by atoms with van der Waals surface area (Å²) in [5.74, 6) is 5.69. The lowest BCUT2D eigenvalue weighted by Gasteiger charge is -2.02. The van der Waals surface area contributed by atoms with Crippen molar-refractivity contribution in [1.29, 1.82) is 0 Å². The van der Waals surface area contributed by atoms with E-state index < -0.39 is 0 Å². The van der Waals surface area contributed by atoms with E-state index in [1.54, 1.807) is 11.6 Å². The molecule has 1 aromatic carbocycles. The molecule has 0 aliphatic heterocycles. The van der Waals surface area contributed by atoms with Gasteiger partial charge in [0.15, 0.2) is 0 Å². The summed E-state index contributed by atoms with van der Waals surface area (Å²) in [7, 11) is 0. The van der Waals surface area contributed by atoms with E-state index in [9.17, 15) is 4.79 Å². The van der Waals surface area contributed by atoms with Crippen molar-refractivity contribution in [2.45, 2.75) is 33.2 Å². The molecule has 1 heterocycles. The first-order chi connectivity index (χ1) is 11.1. The molecule has 0 unspecified atom stereocenters. The zero-order valence-corrected chi connectivity index (χ0v) is 14.2. The highest BCUT2D eigenvalue weighted by atomic mass is 35.5. The minimum absolute atomic E-state index is 0.238. The van der Waals surface area contributed by atoms with Crippen molar-refractivity contribution in [3.63, 3.8) is 0 Å². The Morgan fingerprint density at radius 1 is 1.35 bits per heavy atom. The molecule has 1 N–H and O–H groups in total. The summed E-state index contributed by atoms with van der Waals surface area (Å²) in [6.45, 7) is 4.88. The zero-order chi connectivity index (χ0) is 16.7. The molecule has 120 valence electrons. The van der Waals surface area contributed by atoms with Crippen LogP contribution < -0.4 is 5.32 Å². The lowest BCUT2D eigenvalue weighted by atomic mass is 10.2. The SMILES string of the molecule is CCCCn1nc(C)c(C(=O)NCC#Cc2ccccc2)c1Cl. The highest BCUT2D eigenvalue weighted by molar-refractivity contribution is 6.33. The third-order valence-corrected chi connectivity index (χ3v) is 3.74. The summed E-state index contributed by atoms with van der Waals surface area (Å²) >= 11 is 6.27. The highest BCUT2D eigenvalue weighted by Crippen LogP contribution is 2.20. The van der Waals surface area contributed by atoms with E-state index in [1.165, 1.54) is 0 Å². The van der Waals surface area contributed by atoms with E-state index >= 15 is 0 Å². The molecule has 0 aliphatic rings. The van der Waals surface area contributed by atoms with Crippen molar-refractivity contribution in [2.75, 3.05) is 6.54 Å². The molecule has 0 saturated carbocycles. The van der Waals surface area contributed by atoms with Crippen LogP contribution >= 0.6 is 11.6 Å². The molecule has 0 aliphatic carbocycles. The van der Waals surface area contributed by atoms with Gasteiger partial charge >= 0.3 is 0 Å². The van der Waals surface area contributed by atoms with Gasteiger partial charge in [-0.15, -0.1) is 0 Å². The van der Waals surface area contributed by atoms with E-state index in [4.69, 9.17) is 11.6 Å². The number of nitrogens with one attached hydrogen (secondary N) is 1. The number of carbonyl (C=O) groups excluding carboxylic acids is 1. The van der Waals surface area contributed by atoms with Crippen LogP contribution in [0.4, 0.5) is 0 Å². The number of aromatic nitrogens is 2. The number of rotatable bonds is 5. The van der Waals surface area contributed by atoms with Crippen molar-refractivity contribution in [2.24, 2.45) is 0 Å². The Balaban J connectivity index is 1.99. The summed E-state index contributed by atoms with van der Waals surface area (Å²) < 4.78 is 1.69. The molecule has 0 radical (unpaired) electrons. The Labute approximate surface area is 141 Å². The summed E-state index contributed by atoms with van der Waals surface area (Å²) in [4.78, 5) is 12.3. The number of hydrogen-bond acceptors (Lipinski definition) is 2. The van der Waals surface area contributed by atoms with Crippen molar-refractivity contribution in [1.82, 2.24) is 15.1 Å². The smallest absolute Gasteiger partial charge is 0.257 e. The monoisotopic (exact) mass is 329 g/mol. The first-order valence-electron chi connectivity index (χ1n) is 7.68. The topological polar surface area (TPSA) is 46.9 Å². The molecule has 1 amide bonds. The predicted molar refractivity (Wildman–Crippen MR) is 92.5 cm³/mol. The largest absolute Gasteiger partial charge is 0.341 e. The summed E-state index contributed by atoms with van der Waals surface area (Å²) in [6, 6.07) is 9.64. The van der Waals surface area contributed by atoms with Crippen LogP contribution in [0.25, 0.3) is 0 Å². The average Bonchev–Trinajstić information content (AvgIpc) is 2.84. The minimum Gasteiger partial charge on any atom is -0.341 e. The van der Waals surface area contributed by atoms with Gasteiger partial charge in [0.05, 0.1) is 17.8 Å². The van der Waals surface area contributed by atoms with E-state index in [2.05, 4.69) is 29.2 Å². The second-order valence-electron chi connectivity index (χ2n) is 5.18. The standard InChI is InChI=1S/C18H20ClN3O/c1-3-4-13-22-17(19)16(14(2)21-22)18(23)20-12-8-11-15-9-6-5-7-10-15/h5-7,9-10H,3-4,12-13H2,1-2H3,(H,20,23). The molecule has 2 rings (SSSR count). The fourth-order valence-electron chi connectivity index (χ4n) is 2.15. The Bertz CT molecular complexity index is 726. The fourth-order valence-corrected chi connectivity index (χ4v) is 2.49. The van der Waals surface area contributed by atoms with Crippen LogP contribution in [0, 0.1) is 18.8 Å². The molecular weight excluding hydrogens is 310 g/mol. The van der Waals surface area contributed by atoms with Crippen molar-refractivity contribution < 1.29 is 4.79 Å². The number of unbranched alkanes of at least 4 members (excludes halogenated alkanes) is 1. The van der Waals surface area contributed by atoms with Gasteiger partial charge in [0.25, 0.3) is 5.91 Å². The van der Waals surface area contributed by atoms with Crippen LogP contribution in [0.1, 0.15) is 41.4 Å². The van der Waals surface area contributed by atoms with E-state index in [0.29, 0.717) is 16.4 Å². The van der Waals surface area contributed by atoms with Gasteiger partial charge in [-0.1, -0.05) is 55.0 Å². The molecular formula is C18H20ClN3O. The predicted octanol–water partition coefficient (Wildman–Crippen LogP) is 3.43. The second kappa shape index (κ2) is 8.40. The summed E-state index contributed by atoms with van der Waals surface area (Å²) in [6.07, 6.45) is 2.02. The maximum Gasteiger partial charge on any atom is 0.257 e. The van der Waals surface area contributed by atoms with Crippen LogP contribution in [0.15, 0.2) is 30.3 Å². The van der Waals surface area contributed by atoms with E-state index in [-0.39, 0.29) is 12.5 Å². The Morgan fingerprint density at radius 3 is 2.78 bits per heavy atom. The Kier molecular flexibility index (Phi) is 6.25. The van der Waals surface area contributed by atoms with Crippen molar-refractivity contribution in [3.05, 3.63) is 52.3 Å². The van der Waals surface area contributed by atoms with Crippen LogP contribution in [0.3, 0.4) is 0 Å². The van der Waals surface area contributed by atoms with Crippen molar-refractivity contribution >= 4 is 17.5 Å². The third-order valence-electron chi connectivity index (χ3n) is 3.36. The number of aryl methyl sites for hydroxylation is 2. The van der Waals surface area contributed by atoms with Gasteiger partial charge in [0, 0.05) is 12.1 Å². The number of nitrogens with zero attached hydrogens (tertiary/aromatic N) is 2. The molecule has 0 atom stereocenters. The number of amides is 1. The summed E-state index contributed by atoms with van der Waals surface area (Å²) in [5.41, 5.74) is 1.99. The first kappa shape index (κ1) is 17.1. The van der Waals surface area contributed by atoms with Gasteiger partial charge in [0.1, 0.15) is 5.15 Å². The van der Waals surface area contributed by atoms with Crippen LogP contribution in [0.5, 0.6) is 0 Å². The lowest BCUT2D eigenvalue weighted by Crippen LogP contribution is -2.24. The molecule has 1 aromatic heterocycles. The average molecular weight is 330 g/mol. The molecule has 2 aromatic rings. The van der Waals surface area contributed by atoms with Gasteiger partial charge < -0.3 is 5.32 Å². The number of benzene rings is 1. The van der Waals surface area contributed by atoms with Gasteiger partial charge in [0.2, 0.25) is 0 Å². The van der Waals surface area contributed by atoms with Gasteiger partial charge in [-0.05, 0) is 25.5 Å². The number of halogens is 1. The van der Waals surface area contributed by atoms with E-state index in [1.807, 2.05) is 30.3 Å². The molecule has 23 heavy (non-hydrogen) atoms. The minimum atomic E-state index is -0.238. The molecule has 5 heteroatoms. The lowest BCUT2D eigenvalue weighted by molar-refractivity contribution is 0.0958. The molecule has 0 saturated heterocycles. The third kappa shape index (κ3) is 4.61. The number of carbonyl (C=O) groups is 1. The van der Waals surface area contributed by atoms with Crippen LogP contribution in [-0.4, -0.2) is 22.2 Å². The van der Waals surface area contributed by atoms with Crippen LogP contribution in [-0.2, 0) is 6.54 Å². The van der Waals surface area contributed by atoms with Crippen LogP contribution in [0.2, 0.25) is 5.15 Å². The maximum atomic E-state index is 12.3. The summed E-state index contributed by atoms with van der Waals surface area (Å²) in [5, 5.41) is 7.50. The normalized spacial score (nSPS) is 10.0. The quantitative estimate of drug-likeness (QED) is 0.854. The zero-order valence-electron chi connectivity index (χ0n) is 13.4. The molecule has 0 spiro atoms. The van der Waals surface area contributed by atoms with E-state index in [0.717, 1.165) is 24.9 Å². The molecule has 0 bridgehead atoms. The highest BCUT2D eigenvalue weighted by Gasteiger charge is 2.19. The molecule has 0 fully saturated rings. The molecule has 4 nitrogen and oxygen atoms in total. The first-order valence-corrected chi connectivity index (χ1v) is 8.06. The van der Waals surface area contributed by atoms with Gasteiger partial charge in [-0.2, -0.15) is 5.10 Å². The fraction of sp³-hybridized carbons (Fsp3) is 0.333. The Hall–Kier alpha value is -2.25. The van der Waals surface area contributed by atoms with Gasteiger partial charge in [-0.3, -0.25) is 9.48 Å². The Morgan fingerprint density at radius 2 is 2.09 bits per heavy atom.